The average molecular weight is 537 g/mol. The van der Waals surface area contributed by atoms with E-state index in [0.717, 1.165) is 27.7 Å². The number of anilines is 1. The highest BCUT2D eigenvalue weighted by atomic mass is 19.1. The molecule has 0 unspecified atom stereocenters. The first-order chi connectivity index (χ1) is 19.4. The molecule has 0 aliphatic heterocycles. The molecule has 10 nitrogen and oxygen atoms in total. The smallest absolute Gasteiger partial charge is 0.238 e. The van der Waals surface area contributed by atoms with E-state index >= 15 is 0 Å². The maximum Gasteiger partial charge on any atom is 0.238 e. The Balaban J connectivity index is 1.38. The minimum absolute atomic E-state index is 0.131. The molecule has 0 fully saturated rings. The summed E-state index contributed by atoms with van der Waals surface area (Å²) in [6, 6.07) is 13.9. The number of hydrogen-bond donors (Lipinski definition) is 3. The number of nitrogens with one attached hydrogen (secondary N) is 3. The molecule has 0 bridgehead atoms. The fourth-order valence-electron chi connectivity index (χ4n) is 4.61. The lowest BCUT2D eigenvalue weighted by Gasteiger charge is -2.10. The van der Waals surface area contributed by atoms with Crippen molar-refractivity contribution in [2.45, 2.75) is 0 Å². The molecule has 0 atom stereocenters. The van der Waals surface area contributed by atoms with E-state index in [1.54, 1.807) is 29.6 Å². The highest BCUT2D eigenvalue weighted by Crippen LogP contribution is 2.34. The van der Waals surface area contributed by atoms with Crippen molar-refractivity contribution in [3.8, 4) is 39.7 Å². The van der Waals surface area contributed by atoms with Crippen molar-refractivity contribution < 1.29 is 13.9 Å². The molecular formula is C29H25FN8O2. The van der Waals surface area contributed by atoms with Gasteiger partial charge in [0.05, 0.1) is 48.1 Å². The standard InChI is InChI=1S/C29H25FN8O2/c1-38(2)15-26(39)33-19-9-17(13-31-14-19)22-4-5-24-28(35-22)29(37-36-24)25-12-21-23(34-25)6-7-32-27(21)16-8-18(30)11-20(10-16)40-3/h4-14,34H,15H2,1-3H3,(H,33,39)(H,36,37). The maximum absolute atomic E-state index is 14.3. The zero-order chi connectivity index (χ0) is 27.8. The topological polar surface area (TPSA) is 125 Å². The molecule has 6 aromatic rings. The number of amides is 1. The number of likely N-dealkylation sites (N-methyl/N-ethyl adjacent to an activating group) is 1. The summed E-state index contributed by atoms with van der Waals surface area (Å²) in [5.74, 6) is -0.126. The van der Waals surface area contributed by atoms with E-state index in [0.29, 0.717) is 39.6 Å². The maximum atomic E-state index is 14.3. The minimum Gasteiger partial charge on any atom is -0.497 e. The molecule has 0 radical (unpaired) electrons. The van der Waals surface area contributed by atoms with Crippen molar-refractivity contribution in [1.29, 1.82) is 0 Å². The van der Waals surface area contributed by atoms with Crippen LogP contribution in [0, 0.1) is 5.82 Å². The van der Waals surface area contributed by atoms with E-state index < -0.39 is 5.82 Å². The van der Waals surface area contributed by atoms with Crippen molar-refractivity contribution in [3.05, 3.63) is 72.9 Å². The summed E-state index contributed by atoms with van der Waals surface area (Å²) in [4.78, 5) is 31.1. The molecule has 6 rings (SSSR count). The molecule has 0 saturated heterocycles. The summed E-state index contributed by atoms with van der Waals surface area (Å²) in [6.45, 7) is 0.265. The Kier molecular flexibility index (Phi) is 6.40. The quantitative estimate of drug-likeness (QED) is 0.266. The fourth-order valence-corrected chi connectivity index (χ4v) is 4.61. The van der Waals surface area contributed by atoms with Gasteiger partial charge in [-0.15, -0.1) is 0 Å². The molecule has 0 saturated carbocycles. The molecule has 40 heavy (non-hydrogen) atoms. The highest BCUT2D eigenvalue weighted by Gasteiger charge is 2.17. The second kappa shape index (κ2) is 10.2. The van der Waals surface area contributed by atoms with Crippen LogP contribution in [0.5, 0.6) is 5.75 Å². The molecule has 5 heterocycles. The van der Waals surface area contributed by atoms with E-state index in [-0.39, 0.29) is 12.5 Å². The Bertz CT molecular complexity index is 1880. The number of fused-ring (bicyclic) bond motifs is 2. The van der Waals surface area contributed by atoms with Crippen LogP contribution < -0.4 is 10.1 Å². The number of halogens is 1. The van der Waals surface area contributed by atoms with Crippen LogP contribution in [0.2, 0.25) is 0 Å². The van der Waals surface area contributed by atoms with Gasteiger partial charge in [-0.3, -0.25) is 19.9 Å². The SMILES string of the molecule is COc1cc(F)cc(-c2nccc3[nH]c(-c4n[nH]c5ccc(-c6cncc(NC(=O)CN(C)C)c6)nc45)cc23)c1. The number of aromatic nitrogens is 6. The van der Waals surface area contributed by atoms with Crippen LogP contribution >= 0.6 is 0 Å². The molecule has 0 spiro atoms. The number of ether oxygens (including phenoxy) is 1. The lowest BCUT2D eigenvalue weighted by Crippen LogP contribution is -2.27. The number of hydrogen-bond acceptors (Lipinski definition) is 7. The van der Waals surface area contributed by atoms with E-state index in [1.807, 2.05) is 44.4 Å². The first kappa shape index (κ1) is 25.1. The molecule has 0 aliphatic carbocycles. The van der Waals surface area contributed by atoms with E-state index in [2.05, 4.69) is 30.5 Å². The predicted octanol–water partition coefficient (Wildman–Crippen LogP) is 4.88. The van der Waals surface area contributed by atoms with Gasteiger partial charge in [-0.25, -0.2) is 9.37 Å². The minimum atomic E-state index is -0.408. The Labute approximate surface area is 228 Å². The normalized spacial score (nSPS) is 11.4. The largest absolute Gasteiger partial charge is 0.497 e. The van der Waals surface area contributed by atoms with E-state index in [4.69, 9.17) is 9.72 Å². The number of H-pyrrole nitrogens is 2. The first-order valence-corrected chi connectivity index (χ1v) is 12.5. The van der Waals surface area contributed by atoms with Crippen LogP contribution in [0.1, 0.15) is 0 Å². The van der Waals surface area contributed by atoms with Gasteiger partial charge in [-0.05, 0) is 56.6 Å². The Morgan fingerprint density at radius 1 is 1.02 bits per heavy atom. The Morgan fingerprint density at radius 3 is 2.73 bits per heavy atom. The van der Waals surface area contributed by atoms with Crippen molar-refractivity contribution in [2.24, 2.45) is 0 Å². The molecule has 0 aliphatic rings. The van der Waals surface area contributed by atoms with Gasteiger partial charge in [0.25, 0.3) is 0 Å². The van der Waals surface area contributed by atoms with Crippen molar-refractivity contribution in [1.82, 2.24) is 35.0 Å². The van der Waals surface area contributed by atoms with Crippen LogP contribution in [0.3, 0.4) is 0 Å². The predicted molar refractivity (Wildman–Crippen MR) is 151 cm³/mol. The lowest BCUT2D eigenvalue weighted by molar-refractivity contribution is -0.116. The van der Waals surface area contributed by atoms with Crippen LogP contribution in [-0.4, -0.2) is 68.7 Å². The van der Waals surface area contributed by atoms with Gasteiger partial charge in [0.1, 0.15) is 22.8 Å². The van der Waals surface area contributed by atoms with Crippen molar-refractivity contribution in [3.63, 3.8) is 0 Å². The second-order valence-corrected chi connectivity index (χ2v) is 9.60. The zero-order valence-corrected chi connectivity index (χ0v) is 22.0. The Morgan fingerprint density at radius 2 is 1.90 bits per heavy atom. The third-order valence-corrected chi connectivity index (χ3v) is 6.37. The van der Waals surface area contributed by atoms with Crippen molar-refractivity contribution >= 4 is 33.5 Å². The van der Waals surface area contributed by atoms with Gasteiger partial charge in [0.2, 0.25) is 5.91 Å². The number of benzene rings is 1. The van der Waals surface area contributed by atoms with Crippen molar-refractivity contribution in [2.75, 3.05) is 33.1 Å². The highest BCUT2D eigenvalue weighted by molar-refractivity contribution is 5.99. The van der Waals surface area contributed by atoms with Gasteiger partial charge in [-0.1, -0.05) is 0 Å². The zero-order valence-electron chi connectivity index (χ0n) is 22.0. The molecule has 11 heteroatoms. The molecule has 1 amide bonds. The van der Waals surface area contributed by atoms with Crippen LogP contribution in [0.25, 0.3) is 55.8 Å². The van der Waals surface area contributed by atoms with Gasteiger partial charge >= 0.3 is 0 Å². The van der Waals surface area contributed by atoms with Crippen LogP contribution in [0.4, 0.5) is 10.1 Å². The number of pyridine rings is 3. The molecule has 200 valence electrons. The van der Waals surface area contributed by atoms with Gasteiger partial charge in [0, 0.05) is 40.5 Å². The van der Waals surface area contributed by atoms with Gasteiger partial charge in [-0.2, -0.15) is 5.10 Å². The number of nitrogens with zero attached hydrogens (tertiary/aromatic N) is 5. The number of aromatic amines is 2. The van der Waals surface area contributed by atoms with Crippen LogP contribution in [0.15, 0.2) is 67.1 Å². The number of rotatable bonds is 7. The monoisotopic (exact) mass is 536 g/mol. The average Bonchev–Trinajstić information content (AvgIpc) is 3.56. The molecular weight excluding hydrogens is 511 g/mol. The first-order valence-electron chi connectivity index (χ1n) is 12.5. The fraction of sp³-hybridized carbons (Fsp3) is 0.138. The lowest BCUT2D eigenvalue weighted by atomic mass is 10.1. The summed E-state index contributed by atoms with van der Waals surface area (Å²) < 4.78 is 19.5. The third kappa shape index (κ3) is 4.85. The van der Waals surface area contributed by atoms with Crippen LogP contribution in [-0.2, 0) is 4.79 Å². The number of carbonyl (C=O) groups is 1. The molecule has 5 aromatic heterocycles. The second-order valence-electron chi connectivity index (χ2n) is 9.60. The third-order valence-electron chi connectivity index (χ3n) is 6.37. The van der Waals surface area contributed by atoms with Gasteiger partial charge < -0.3 is 19.9 Å². The summed E-state index contributed by atoms with van der Waals surface area (Å²) in [6.07, 6.45) is 4.97. The van der Waals surface area contributed by atoms with E-state index in [9.17, 15) is 9.18 Å². The van der Waals surface area contributed by atoms with Gasteiger partial charge in [0.15, 0.2) is 0 Å². The molecule has 1 aromatic carbocycles. The molecule has 3 N–H and O–H groups in total. The summed E-state index contributed by atoms with van der Waals surface area (Å²) in [5, 5.41) is 11.2. The van der Waals surface area contributed by atoms with E-state index in [1.165, 1.54) is 19.2 Å². The number of carbonyl (C=O) groups excluding carboxylic acids is 1. The summed E-state index contributed by atoms with van der Waals surface area (Å²) >= 11 is 0. The number of methoxy groups -OCH3 is 1. The summed E-state index contributed by atoms with van der Waals surface area (Å²) in [5.41, 5.74) is 6.82. The Hall–Kier alpha value is -5.16. The summed E-state index contributed by atoms with van der Waals surface area (Å²) in [7, 11) is 5.16.